The summed E-state index contributed by atoms with van der Waals surface area (Å²) in [6.45, 7) is 6.45. The van der Waals surface area contributed by atoms with Crippen molar-refractivity contribution in [2.45, 2.75) is 52.1 Å². The van der Waals surface area contributed by atoms with Gasteiger partial charge in [-0.25, -0.2) is 0 Å². The molecular formula is C22H25NO2. The van der Waals surface area contributed by atoms with Crippen molar-refractivity contribution in [1.29, 1.82) is 0 Å². The standard InChI is InChI=1S/C22H25NO2/c1-4-22(5-2)9-8-17-20(24)12-16(13-21(17)25-22)19-11-15-10-14(3)6-7-18(15)23-19/h6-7,10-13,23-24H,4-5,8-9H2,1-3H3. The summed E-state index contributed by atoms with van der Waals surface area (Å²) in [5, 5.41) is 11.7. The molecule has 0 unspecified atom stereocenters. The lowest BCUT2D eigenvalue weighted by molar-refractivity contribution is 0.0377. The number of hydrogen-bond acceptors (Lipinski definition) is 2. The first-order valence-corrected chi connectivity index (χ1v) is 9.18. The van der Waals surface area contributed by atoms with E-state index >= 15 is 0 Å². The minimum Gasteiger partial charge on any atom is -0.508 e. The molecule has 3 nitrogen and oxygen atoms in total. The number of ether oxygens (including phenoxy) is 1. The minimum absolute atomic E-state index is 0.102. The molecule has 0 radical (unpaired) electrons. The molecular weight excluding hydrogens is 310 g/mol. The Morgan fingerprint density at radius 1 is 1.12 bits per heavy atom. The second-order valence-corrected chi connectivity index (χ2v) is 7.24. The fourth-order valence-corrected chi connectivity index (χ4v) is 3.92. The molecule has 3 aromatic rings. The first-order chi connectivity index (χ1) is 12.0. The van der Waals surface area contributed by atoms with Crippen LogP contribution in [0.25, 0.3) is 22.2 Å². The number of H-pyrrole nitrogens is 1. The average molecular weight is 335 g/mol. The van der Waals surface area contributed by atoms with Crippen LogP contribution in [-0.2, 0) is 6.42 Å². The van der Waals surface area contributed by atoms with Crippen LogP contribution in [0.4, 0.5) is 0 Å². The van der Waals surface area contributed by atoms with Gasteiger partial charge in [-0.1, -0.05) is 25.5 Å². The number of aromatic amines is 1. The number of phenolic OH excluding ortho intramolecular Hbond substituents is 1. The predicted octanol–water partition coefficient (Wildman–Crippen LogP) is 5.73. The second kappa shape index (κ2) is 5.83. The molecule has 0 atom stereocenters. The van der Waals surface area contributed by atoms with Gasteiger partial charge in [0.25, 0.3) is 0 Å². The molecule has 0 fully saturated rings. The Labute approximate surface area is 148 Å². The summed E-state index contributed by atoms with van der Waals surface area (Å²) in [4.78, 5) is 3.46. The van der Waals surface area contributed by atoms with Crippen molar-refractivity contribution >= 4 is 10.9 Å². The van der Waals surface area contributed by atoms with E-state index in [4.69, 9.17) is 4.74 Å². The van der Waals surface area contributed by atoms with Crippen LogP contribution in [0, 0.1) is 6.92 Å². The maximum absolute atomic E-state index is 10.5. The first-order valence-electron chi connectivity index (χ1n) is 9.18. The number of fused-ring (bicyclic) bond motifs is 2. The molecule has 130 valence electrons. The Morgan fingerprint density at radius 2 is 1.92 bits per heavy atom. The lowest BCUT2D eigenvalue weighted by atomic mass is 9.86. The molecule has 0 bridgehead atoms. The summed E-state index contributed by atoms with van der Waals surface area (Å²) in [5.74, 6) is 1.17. The zero-order chi connectivity index (χ0) is 17.6. The molecule has 4 rings (SSSR count). The highest BCUT2D eigenvalue weighted by atomic mass is 16.5. The summed E-state index contributed by atoms with van der Waals surface area (Å²) in [7, 11) is 0. The lowest BCUT2D eigenvalue weighted by Crippen LogP contribution is -2.38. The van der Waals surface area contributed by atoms with E-state index < -0.39 is 0 Å². The highest BCUT2D eigenvalue weighted by Gasteiger charge is 2.34. The molecule has 0 aliphatic carbocycles. The molecule has 2 heterocycles. The van der Waals surface area contributed by atoms with E-state index in [0.29, 0.717) is 5.75 Å². The summed E-state index contributed by atoms with van der Waals surface area (Å²) >= 11 is 0. The Balaban J connectivity index is 1.79. The quantitative estimate of drug-likeness (QED) is 0.642. The van der Waals surface area contributed by atoms with Crippen molar-refractivity contribution in [3.63, 3.8) is 0 Å². The van der Waals surface area contributed by atoms with Crippen LogP contribution in [0.2, 0.25) is 0 Å². The topological polar surface area (TPSA) is 45.2 Å². The number of aromatic hydroxyl groups is 1. The van der Waals surface area contributed by atoms with Gasteiger partial charge in [0.2, 0.25) is 0 Å². The molecule has 1 aromatic heterocycles. The van der Waals surface area contributed by atoms with E-state index in [9.17, 15) is 5.11 Å². The third-order valence-corrected chi connectivity index (χ3v) is 5.72. The number of aryl methyl sites for hydroxylation is 1. The zero-order valence-electron chi connectivity index (χ0n) is 15.1. The molecule has 25 heavy (non-hydrogen) atoms. The number of benzene rings is 2. The maximum Gasteiger partial charge on any atom is 0.127 e. The highest BCUT2D eigenvalue weighted by molar-refractivity contribution is 5.87. The number of phenols is 1. The van der Waals surface area contributed by atoms with Crippen LogP contribution in [0.1, 0.15) is 44.2 Å². The maximum atomic E-state index is 10.5. The van der Waals surface area contributed by atoms with Crippen molar-refractivity contribution in [3.8, 4) is 22.8 Å². The van der Waals surface area contributed by atoms with Crippen molar-refractivity contribution in [2.75, 3.05) is 0 Å². The van der Waals surface area contributed by atoms with Gasteiger partial charge in [0.15, 0.2) is 0 Å². The van der Waals surface area contributed by atoms with Crippen LogP contribution in [0.5, 0.6) is 11.5 Å². The minimum atomic E-state index is -0.102. The number of hydrogen-bond donors (Lipinski definition) is 2. The van der Waals surface area contributed by atoms with Crippen molar-refractivity contribution in [3.05, 3.63) is 47.5 Å². The summed E-state index contributed by atoms with van der Waals surface area (Å²) < 4.78 is 6.38. The SMILES string of the molecule is CCC1(CC)CCc2c(O)cc(-c3cc4cc(C)ccc4[nH]3)cc2O1. The van der Waals surface area contributed by atoms with Crippen LogP contribution in [0.15, 0.2) is 36.4 Å². The summed E-state index contributed by atoms with van der Waals surface area (Å²) in [5.41, 5.74) is 5.16. The average Bonchev–Trinajstić information content (AvgIpc) is 3.04. The van der Waals surface area contributed by atoms with Crippen LogP contribution >= 0.6 is 0 Å². The molecule has 2 aromatic carbocycles. The van der Waals surface area contributed by atoms with Gasteiger partial charge in [-0.3, -0.25) is 0 Å². The molecule has 0 amide bonds. The number of rotatable bonds is 3. The van der Waals surface area contributed by atoms with E-state index in [0.717, 1.165) is 53.8 Å². The van der Waals surface area contributed by atoms with E-state index in [1.807, 2.05) is 6.07 Å². The van der Waals surface area contributed by atoms with E-state index in [-0.39, 0.29) is 5.60 Å². The van der Waals surface area contributed by atoms with Crippen LogP contribution in [0.3, 0.4) is 0 Å². The normalized spacial score (nSPS) is 15.8. The van der Waals surface area contributed by atoms with Gasteiger partial charge in [-0.15, -0.1) is 0 Å². The van der Waals surface area contributed by atoms with Crippen molar-refractivity contribution in [2.24, 2.45) is 0 Å². The Hall–Kier alpha value is -2.42. The third kappa shape index (κ3) is 2.68. The largest absolute Gasteiger partial charge is 0.508 e. The monoisotopic (exact) mass is 335 g/mol. The van der Waals surface area contributed by atoms with Gasteiger partial charge in [-0.2, -0.15) is 0 Å². The number of nitrogens with one attached hydrogen (secondary N) is 1. The van der Waals surface area contributed by atoms with E-state index in [1.54, 1.807) is 0 Å². The molecule has 3 heteroatoms. The van der Waals surface area contributed by atoms with Gasteiger partial charge in [0, 0.05) is 27.7 Å². The van der Waals surface area contributed by atoms with Crippen LogP contribution < -0.4 is 4.74 Å². The van der Waals surface area contributed by atoms with Gasteiger partial charge in [0.1, 0.15) is 17.1 Å². The molecule has 1 aliphatic heterocycles. The molecule has 0 saturated carbocycles. The molecule has 0 spiro atoms. The van der Waals surface area contributed by atoms with Crippen molar-refractivity contribution < 1.29 is 9.84 Å². The molecule has 1 aliphatic rings. The first kappa shape index (κ1) is 16.1. The van der Waals surface area contributed by atoms with Gasteiger partial charge < -0.3 is 14.8 Å². The number of aromatic nitrogens is 1. The summed E-state index contributed by atoms with van der Waals surface area (Å²) in [6.07, 6.45) is 3.81. The van der Waals surface area contributed by atoms with Crippen LogP contribution in [-0.4, -0.2) is 15.7 Å². The fourth-order valence-electron chi connectivity index (χ4n) is 3.92. The van der Waals surface area contributed by atoms with Gasteiger partial charge >= 0.3 is 0 Å². The molecule has 2 N–H and O–H groups in total. The van der Waals surface area contributed by atoms with Crippen molar-refractivity contribution in [1.82, 2.24) is 4.98 Å². The smallest absolute Gasteiger partial charge is 0.127 e. The van der Waals surface area contributed by atoms with E-state index in [1.165, 1.54) is 10.9 Å². The zero-order valence-corrected chi connectivity index (χ0v) is 15.1. The predicted molar refractivity (Wildman–Crippen MR) is 102 cm³/mol. The van der Waals surface area contributed by atoms with Gasteiger partial charge in [0.05, 0.1) is 0 Å². The van der Waals surface area contributed by atoms with E-state index in [2.05, 4.69) is 56.1 Å². The Bertz CT molecular complexity index is 935. The lowest BCUT2D eigenvalue weighted by Gasteiger charge is -2.38. The molecule has 0 saturated heterocycles. The third-order valence-electron chi connectivity index (χ3n) is 5.72. The second-order valence-electron chi connectivity index (χ2n) is 7.24. The van der Waals surface area contributed by atoms with Gasteiger partial charge in [-0.05, 0) is 62.9 Å². The summed E-state index contributed by atoms with van der Waals surface area (Å²) in [6, 6.07) is 12.4. The Kier molecular flexibility index (Phi) is 3.75. The fraction of sp³-hybridized carbons (Fsp3) is 0.364. The Morgan fingerprint density at radius 3 is 2.68 bits per heavy atom. The highest BCUT2D eigenvalue weighted by Crippen LogP contribution is 2.43.